The van der Waals surface area contributed by atoms with E-state index in [0.717, 1.165) is 27.7 Å². The zero-order valence-electron chi connectivity index (χ0n) is 28.8. The summed E-state index contributed by atoms with van der Waals surface area (Å²) in [5.74, 6) is -2.22. The minimum atomic E-state index is -1.35. The van der Waals surface area contributed by atoms with Gasteiger partial charge in [-0.3, -0.25) is 19.2 Å². The van der Waals surface area contributed by atoms with Crippen LogP contribution < -0.4 is 15.4 Å². The van der Waals surface area contributed by atoms with Gasteiger partial charge in [0, 0.05) is 51.5 Å². The molecule has 0 saturated carbocycles. The van der Waals surface area contributed by atoms with E-state index in [1.54, 1.807) is 18.2 Å². The fraction of sp³-hybridized carbons (Fsp3) is 0.300. The summed E-state index contributed by atoms with van der Waals surface area (Å²) in [6, 6.07) is 9.31. The lowest BCUT2D eigenvalue weighted by Crippen LogP contribution is -2.68. The van der Waals surface area contributed by atoms with Crippen molar-refractivity contribution in [1.82, 2.24) is 15.6 Å². The fourth-order valence-corrected chi connectivity index (χ4v) is 6.52. The van der Waals surface area contributed by atoms with Crippen molar-refractivity contribution in [3.05, 3.63) is 107 Å². The molecule has 49 heavy (non-hydrogen) atoms. The number of ether oxygens (including phenoxy) is 1. The summed E-state index contributed by atoms with van der Waals surface area (Å²) < 4.78 is 5.49. The van der Waals surface area contributed by atoms with Crippen molar-refractivity contribution in [3.63, 3.8) is 0 Å². The van der Waals surface area contributed by atoms with Gasteiger partial charge in [-0.25, -0.2) is 0 Å². The normalized spacial score (nSPS) is 21.6. The Morgan fingerprint density at radius 2 is 1.86 bits per heavy atom. The number of hydrogen-bond acceptors (Lipinski definition) is 6. The van der Waals surface area contributed by atoms with E-state index >= 15 is 0 Å². The molecule has 1 aliphatic carbocycles. The third-order valence-corrected chi connectivity index (χ3v) is 9.28. The van der Waals surface area contributed by atoms with Crippen LogP contribution in [-0.2, 0) is 26.2 Å². The van der Waals surface area contributed by atoms with E-state index in [4.69, 9.17) is 4.74 Å². The second kappa shape index (κ2) is 13.6. The number of amides is 2. The number of aldehydes is 1. The molecular weight excluding hydrogens is 618 g/mol. The van der Waals surface area contributed by atoms with Gasteiger partial charge < -0.3 is 25.5 Å². The van der Waals surface area contributed by atoms with Gasteiger partial charge in [0.25, 0.3) is 11.8 Å². The standard InChI is InChI=1S/C40H43N3O6/c1-8-39(6,7)36-30(28-11-9-10-12-32(28)41-36)20-33-37(47)43-40(38(48)42-33)21-24(4)14-16-27(40)17-18-29-31(22-44)35(46)26(15-13-23(2)3)19-34(29)49-25(5)45/h8-14,16-20,22,24,27,41,46H,1,15,21H2,2-7H3,(H,42,48)(H,43,47)/b18-17+,33-20-/t24-,27-,40-/m0/s1. The second-order valence-electron chi connectivity index (χ2n) is 13.7. The van der Waals surface area contributed by atoms with Crippen LogP contribution in [0.3, 0.4) is 0 Å². The molecular formula is C40H43N3O6. The molecule has 2 aromatic carbocycles. The van der Waals surface area contributed by atoms with Gasteiger partial charge in [0.15, 0.2) is 6.29 Å². The number of phenols is 1. The SMILES string of the molecule is C=CC(C)(C)c1[nH]c2ccccc2c1/C=C1\NC(=O)[C@@]2(C[C@@H](C)C=C[C@H]2/C=C/c2c(OC(C)=O)cc(CC=C(C)C)c(O)c2C=O)NC1=O. The van der Waals surface area contributed by atoms with Gasteiger partial charge in [0.1, 0.15) is 22.7 Å². The first-order valence-corrected chi connectivity index (χ1v) is 16.3. The van der Waals surface area contributed by atoms with Crippen molar-refractivity contribution in [2.45, 2.75) is 65.3 Å². The number of H-pyrrole nitrogens is 1. The van der Waals surface area contributed by atoms with E-state index in [9.17, 15) is 24.3 Å². The van der Waals surface area contributed by atoms with Gasteiger partial charge in [0.2, 0.25) is 0 Å². The fourth-order valence-electron chi connectivity index (χ4n) is 6.52. The Labute approximate surface area is 286 Å². The van der Waals surface area contributed by atoms with Crippen LogP contribution in [0.15, 0.2) is 78.6 Å². The molecule has 5 rings (SSSR count). The first-order chi connectivity index (χ1) is 23.2. The smallest absolute Gasteiger partial charge is 0.308 e. The van der Waals surface area contributed by atoms with Crippen LogP contribution in [0.25, 0.3) is 23.1 Å². The van der Waals surface area contributed by atoms with Crippen molar-refractivity contribution in [1.29, 1.82) is 0 Å². The van der Waals surface area contributed by atoms with Crippen LogP contribution in [0, 0.1) is 11.8 Å². The van der Waals surface area contributed by atoms with Gasteiger partial charge in [0.05, 0.1) is 5.56 Å². The van der Waals surface area contributed by atoms with Crippen molar-refractivity contribution >= 4 is 47.1 Å². The first-order valence-electron chi connectivity index (χ1n) is 16.3. The molecule has 1 aromatic heterocycles. The molecule has 1 aliphatic heterocycles. The number of rotatable bonds is 9. The number of hydrogen-bond donors (Lipinski definition) is 4. The van der Waals surface area contributed by atoms with Crippen molar-refractivity contribution in [2.75, 3.05) is 0 Å². The zero-order valence-corrected chi connectivity index (χ0v) is 28.8. The van der Waals surface area contributed by atoms with Crippen LogP contribution in [0.1, 0.15) is 80.7 Å². The Morgan fingerprint density at radius 3 is 2.53 bits per heavy atom. The van der Waals surface area contributed by atoms with Gasteiger partial charge in [-0.2, -0.15) is 0 Å². The number of carbonyl (C=O) groups excluding carboxylic acids is 4. The Kier molecular flexibility index (Phi) is 9.67. The first kappa shape index (κ1) is 34.9. The van der Waals surface area contributed by atoms with Gasteiger partial charge >= 0.3 is 5.97 Å². The number of phenolic OH excluding ortho intramolecular Hbond substituents is 1. The average Bonchev–Trinajstić information content (AvgIpc) is 3.42. The molecule has 2 amide bonds. The Bertz CT molecular complexity index is 1990. The Hall–Kier alpha value is -5.44. The number of piperazine rings is 1. The van der Waals surface area contributed by atoms with Crippen molar-refractivity contribution in [3.8, 4) is 11.5 Å². The molecule has 1 spiro atoms. The third kappa shape index (κ3) is 6.79. The van der Waals surface area contributed by atoms with Crippen LogP contribution >= 0.6 is 0 Å². The van der Waals surface area contributed by atoms with E-state index in [1.807, 2.05) is 83.2 Å². The maximum atomic E-state index is 14.2. The molecule has 254 valence electrons. The molecule has 1 saturated heterocycles. The number of fused-ring (bicyclic) bond motifs is 1. The summed E-state index contributed by atoms with van der Waals surface area (Å²) in [6.45, 7) is 15.1. The van der Waals surface area contributed by atoms with Crippen LogP contribution in [0.4, 0.5) is 0 Å². The summed E-state index contributed by atoms with van der Waals surface area (Å²) in [6.07, 6.45) is 13.6. The number of aromatic nitrogens is 1. The van der Waals surface area contributed by atoms with Crippen molar-refractivity contribution in [2.24, 2.45) is 11.8 Å². The molecule has 3 aromatic rings. The van der Waals surface area contributed by atoms with E-state index in [2.05, 4.69) is 22.2 Å². The number of nitrogens with one attached hydrogen (secondary N) is 3. The molecule has 0 unspecified atom stereocenters. The van der Waals surface area contributed by atoms with Crippen LogP contribution in [-0.4, -0.2) is 39.7 Å². The van der Waals surface area contributed by atoms with Gasteiger partial charge in [-0.15, -0.1) is 6.58 Å². The summed E-state index contributed by atoms with van der Waals surface area (Å²) in [5.41, 5.74) is 2.42. The maximum absolute atomic E-state index is 14.2. The maximum Gasteiger partial charge on any atom is 0.308 e. The Morgan fingerprint density at radius 1 is 1.12 bits per heavy atom. The molecule has 9 nitrogen and oxygen atoms in total. The summed E-state index contributed by atoms with van der Waals surface area (Å²) >= 11 is 0. The van der Waals surface area contributed by atoms with Crippen LogP contribution in [0.2, 0.25) is 0 Å². The molecule has 9 heteroatoms. The highest BCUT2D eigenvalue weighted by molar-refractivity contribution is 6.11. The van der Waals surface area contributed by atoms with Crippen LogP contribution in [0.5, 0.6) is 11.5 Å². The second-order valence-corrected chi connectivity index (χ2v) is 13.7. The minimum absolute atomic E-state index is 0.0320. The lowest BCUT2D eigenvalue weighted by Gasteiger charge is -2.44. The molecule has 2 aliphatic rings. The summed E-state index contributed by atoms with van der Waals surface area (Å²) in [4.78, 5) is 55.9. The molecule has 3 atom stereocenters. The van der Waals surface area contributed by atoms with E-state index in [1.165, 1.54) is 13.0 Å². The van der Waals surface area contributed by atoms with E-state index < -0.39 is 28.7 Å². The minimum Gasteiger partial charge on any atom is -0.507 e. The third-order valence-electron chi connectivity index (χ3n) is 9.28. The number of esters is 1. The lowest BCUT2D eigenvalue weighted by molar-refractivity contribution is -0.138. The predicted octanol–water partition coefficient (Wildman–Crippen LogP) is 6.83. The topological polar surface area (TPSA) is 138 Å². The van der Waals surface area contributed by atoms with Gasteiger partial charge in [-0.1, -0.05) is 81.0 Å². The van der Waals surface area contributed by atoms with E-state index in [0.29, 0.717) is 24.7 Å². The number of allylic oxidation sites excluding steroid dienone is 4. The molecule has 0 radical (unpaired) electrons. The predicted molar refractivity (Wildman–Crippen MR) is 192 cm³/mol. The van der Waals surface area contributed by atoms with E-state index in [-0.39, 0.29) is 40.1 Å². The molecule has 4 N–H and O–H groups in total. The molecule has 2 heterocycles. The van der Waals surface area contributed by atoms with Crippen molar-refractivity contribution < 1.29 is 29.0 Å². The molecule has 1 fully saturated rings. The van der Waals surface area contributed by atoms with Gasteiger partial charge in [-0.05, 0) is 50.8 Å². The number of aromatic hydroxyl groups is 1. The quantitative estimate of drug-likeness (QED) is 0.0652. The molecule has 0 bridgehead atoms. The summed E-state index contributed by atoms with van der Waals surface area (Å²) in [5, 5.41) is 17.9. The lowest BCUT2D eigenvalue weighted by atomic mass is 9.71. The number of carbonyl (C=O) groups is 4. The summed E-state index contributed by atoms with van der Waals surface area (Å²) in [7, 11) is 0. The highest BCUT2D eigenvalue weighted by atomic mass is 16.5. The highest BCUT2D eigenvalue weighted by Crippen LogP contribution is 2.40. The highest BCUT2D eigenvalue weighted by Gasteiger charge is 2.51. The number of aromatic amines is 1. The Balaban J connectivity index is 1.55. The number of benzene rings is 2. The average molecular weight is 662 g/mol. The monoisotopic (exact) mass is 661 g/mol. The number of para-hydroxylation sites is 1. The largest absolute Gasteiger partial charge is 0.507 e. The zero-order chi connectivity index (χ0) is 35.7.